The summed E-state index contributed by atoms with van der Waals surface area (Å²) < 4.78 is 5.54. The van der Waals surface area contributed by atoms with Crippen LogP contribution in [0.15, 0.2) is 60.7 Å². The Balaban J connectivity index is 1.79. The van der Waals surface area contributed by atoms with Crippen molar-refractivity contribution >= 4 is 11.9 Å². The molecule has 0 aliphatic heterocycles. The van der Waals surface area contributed by atoms with Gasteiger partial charge in [-0.05, 0) is 24.1 Å². The maximum absolute atomic E-state index is 12.1. The Bertz CT molecular complexity index is 643. The molecule has 0 saturated carbocycles. The molecule has 2 aromatic rings. The molecule has 5 nitrogen and oxygen atoms in total. The fourth-order valence-corrected chi connectivity index (χ4v) is 2.32. The second-order valence-corrected chi connectivity index (χ2v) is 5.39. The summed E-state index contributed by atoms with van der Waals surface area (Å²) in [5.74, 6) is -0.357. The monoisotopic (exact) mass is 327 g/mol. The van der Waals surface area contributed by atoms with Gasteiger partial charge in [-0.15, -0.1) is 0 Å². The standard InChI is InChI=1S/C19H21NO4/c21-18(12-7-13-24-16-10-5-2-6-11-16)20-17(14-19(22)23)15-8-3-1-4-9-15/h1-6,8-11,17H,7,12-14H2,(H,20,21)(H,22,23). The number of para-hydroxylation sites is 1. The number of amides is 1. The molecular formula is C19H21NO4. The van der Waals surface area contributed by atoms with Crippen LogP contribution in [0, 0.1) is 0 Å². The van der Waals surface area contributed by atoms with E-state index < -0.39 is 12.0 Å². The number of carboxylic acid groups (broad SMARTS) is 1. The number of hydrogen-bond acceptors (Lipinski definition) is 3. The first-order valence-electron chi connectivity index (χ1n) is 7.89. The van der Waals surface area contributed by atoms with Gasteiger partial charge in [-0.25, -0.2) is 0 Å². The van der Waals surface area contributed by atoms with E-state index in [1.807, 2.05) is 60.7 Å². The predicted molar refractivity (Wildman–Crippen MR) is 90.7 cm³/mol. The van der Waals surface area contributed by atoms with E-state index in [1.165, 1.54) is 0 Å². The lowest BCUT2D eigenvalue weighted by Gasteiger charge is -2.17. The van der Waals surface area contributed by atoms with Gasteiger partial charge in [-0.2, -0.15) is 0 Å². The van der Waals surface area contributed by atoms with Crippen molar-refractivity contribution in [3.63, 3.8) is 0 Å². The van der Waals surface area contributed by atoms with Gasteiger partial charge in [0.2, 0.25) is 5.91 Å². The lowest BCUT2D eigenvalue weighted by atomic mass is 10.0. The summed E-state index contributed by atoms with van der Waals surface area (Å²) >= 11 is 0. The van der Waals surface area contributed by atoms with Crippen LogP contribution in [0.25, 0.3) is 0 Å². The van der Waals surface area contributed by atoms with Gasteiger partial charge in [0.25, 0.3) is 0 Å². The zero-order chi connectivity index (χ0) is 17.2. The summed E-state index contributed by atoms with van der Waals surface area (Å²) in [7, 11) is 0. The lowest BCUT2D eigenvalue weighted by Crippen LogP contribution is -2.30. The van der Waals surface area contributed by atoms with Crippen LogP contribution in [0.1, 0.15) is 30.9 Å². The second-order valence-electron chi connectivity index (χ2n) is 5.39. The average Bonchev–Trinajstić information content (AvgIpc) is 2.59. The minimum absolute atomic E-state index is 0.143. The smallest absolute Gasteiger partial charge is 0.305 e. The topological polar surface area (TPSA) is 75.6 Å². The summed E-state index contributed by atoms with van der Waals surface area (Å²) in [6.07, 6.45) is 0.710. The number of aliphatic carboxylic acids is 1. The van der Waals surface area contributed by atoms with Crippen molar-refractivity contribution in [2.45, 2.75) is 25.3 Å². The number of rotatable bonds is 9. The molecule has 1 amide bonds. The van der Waals surface area contributed by atoms with Gasteiger partial charge in [-0.1, -0.05) is 48.5 Å². The van der Waals surface area contributed by atoms with E-state index in [2.05, 4.69) is 5.32 Å². The molecule has 126 valence electrons. The van der Waals surface area contributed by atoms with Gasteiger partial charge in [-0.3, -0.25) is 9.59 Å². The van der Waals surface area contributed by atoms with E-state index >= 15 is 0 Å². The van der Waals surface area contributed by atoms with Crippen molar-refractivity contribution in [3.8, 4) is 5.75 Å². The molecule has 24 heavy (non-hydrogen) atoms. The van der Waals surface area contributed by atoms with Crippen molar-refractivity contribution in [2.75, 3.05) is 6.61 Å². The van der Waals surface area contributed by atoms with Gasteiger partial charge < -0.3 is 15.2 Å². The molecule has 0 aromatic heterocycles. The molecule has 0 radical (unpaired) electrons. The van der Waals surface area contributed by atoms with Gasteiger partial charge in [0.15, 0.2) is 0 Å². The fourth-order valence-electron chi connectivity index (χ4n) is 2.32. The van der Waals surface area contributed by atoms with E-state index in [0.717, 1.165) is 11.3 Å². The highest BCUT2D eigenvalue weighted by Gasteiger charge is 2.17. The van der Waals surface area contributed by atoms with E-state index in [-0.39, 0.29) is 18.7 Å². The quantitative estimate of drug-likeness (QED) is 0.694. The molecule has 0 heterocycles. The zero-order valence-corrected chi connectivity index (χ0v) is 13.4. The molecule has 0 bridgehead atoms. The van der Waals surface area contributed by atoms with Gasteiger partial charge in [0.1, 0.15) is 5.75 Å². The Morgan fingerprint density at radius 3 is 2.25 bits per heavy atom. The summed E-state index contributed by atoms with van der Waals surface area (Å²) in [5.41, 5.74) is 0.786. The third-order valence-corrected chi connectivity index (χ3v) is 3.48. The minimum Gasteiger partial charge on any atom is -0.494 e. The number of carbonyl (C=O) groups is 2. The molecule has 0 fully saturated rings. The Labute approximate surface area is 141 Å². The van der Waals surface area contributed by atoms with Gasteiger partial charge >= 0.3 is 5.97 Å². The lowest BCUT2D eigenvalue weighted by molar-refractivity contribution is -0.137. The van der Waals surface area contributed by atoms with Crippen LogP contribution in [0.3, 0.4) is 0 Å². The van der Waals surface area contributed by atoms with Crippen LogP contribution < -0.4 is 10.1 Å². The molecule has 0 spiro atoms. The van der Waals surface area contributed by atoms with E-state index in [1.54, 1.807) is 0 Å². The highest BCUT2D eigenvalue weighted by Crippen LogP contribution is 2.17. The maximum Gasteiger partial charge on any atom is 0.305 e. The van der Waals surface area contributed by atoms with Crippen LogP contribution in [-0.2, 0) is 9.59 Å². The molecular weight excluding hydrogens is 306 g/mol. The number of nitrogens with one attached hydrogen (secondary N) is 1. The number of benzene rings is 2. The van der Waals surface area contributed by atoms with Crippen molar-refractivity contribution < 1.29 is 19.4 Å². The van der Waals surface area contributed by atoms with Gasteiger partial charge in [0.05, 0.1) is 19.1 Å². The Kier molecular flexibility index (Phi) is 6.83. The van der Waals surface area contributed by atoms with Crippen LogP contribution in [0.5, 0.6) is 5.75 Å². The minimum atomic E-state index is -0.948. The maximum atomic E-state index is 12.1. The summed E-state index contributed by atoms with van der Waals surface area (Å²) in [6, 6.07) is 18.0. The van der Waals surface area contributed by atoms with Crippen LogP contribution in [0.4, 0.5) is 0 Å². The first kappa shape index (κ1) is 17.5. The Hall–Kier alpha value is -2.82. The fraction of sp³-hybridized carbons (Fsp3) is 0.263. The van der Waals surface area contributed by atoms with E-state index in [4.69, 9.17) is 9.84 Å². The van der Waals surface area contributed by atoms with Crippen molar-refractivity contribution in [1.82, 2.24) is 5.32 Å². The molecule has 1 atom stereocenters. The summed E-state index contributed by atoms with van der Waals surface area (Å²) in [6.45, 7) is 0.437. The highest BCUT2D eigenvalue weighted by atomic mass is 16.5. The van der Waals surface area contributed by atoms with Crippen LogP contribution in [0.2, 0.25) is 0 Å². The number of ether oxygens (including phenoxy) is 1. The Morgan fingerprint density at radius 2 is 1.62 bits per heavy atom. The summed E-state index contributed by atoms with van der Waals surface area (Å²) in [4.78, 5) is 23.1. The van der Waals surface area contributed by atoms with Crippen LogP contribution in [-0.4, -0.2) is 23.6 Å². The molecule has 0 saturated heterocycles. The molecule has 2 N–H and O–H groups in total. The number of hydrogen-bond donors (Lipinski definition) is 2. The number of carbonyl (C=O) groups excluding carboxylic acids is 1. The molecule has 2 rings (SSSR count). The van der Waals surface area contributed by atoms with E-state index in [9.17, 15) is 9.59 Å². The molecule has 0 aliphatic carbocycles. The van der Waals surface area contributed by atoms with Gasteiger partial charge in [0, 0.05) is 6.42 Å². The third-order valence-electron chi connectivity index (χ3n) is 3.48. The SMILES string of the molecule is O=C(O)CC(NC(=O)CCCOc1ccccc1)c1ccccc1. The van der Waals surface area contributed by atoms with Crippen LogP contribution >= 0.6 is 0 Å². The zero-order valence-electron chi connectivity index (χ0n) is 13.4. The van der Waals surface area contributed by atoms with Crippen molar-refractivity contribution in [2.24, 2.45) is 0 Å². The average molecular weight is 327 g/mol. The highest BCUT2D eigenvalue weighted by molar-refractivity contribution is 5.77. The third kappa shape index (κ3) is 6.12. The predicted octanol–water partition coefficient (Wildman–Crippen LogP) is 3.18. The normalized spacial score (nSPS) is 11.5. The first-order valence-corrected chi connectivity index (χ1v) is 7.89. The number of carboxylic acids is 1. The van der Waals surface area contributed by atoms with E-state index in [0.29, 0.717) is 13.0 Å². The second kappa shape index (κ2) is 9.35. The molecule has 2 aromatic carbocycles. The van der Waals surface area contributed by atoms with Crippen molar-refractivity contribution in [3.05, 3.63) is 66.2 Å². The molecule has 1 unspecified atom stereocenters. The largest absolute Gasteiger partial charge is 0.494 e. The molecule has 0 aliphatic rings. The first-order chi connectivity index (χ1) is 11.6. The Morgan fingerprint density at radius 1 is 1.00 bits per heavy atom. The molecule has 5 heteroatoms. The van der Waals surface area contributed by atoms with Crippen molar-refractivity contribution in [1.29, 1.82) is 0 Å². The summed E-state index contributed by atoms with van der Waals surface area (Å²) in [5, 5.41) is 11.8.